The van der Waals surface area contributed by atoms with E-state index in [9.17, 15) is 18.8 Å². The Morgan fingerprint density at radius 2 is 2.04 bits per heavy atom. The molecule has 0 radical (unpaired) electrons. The zero-order valence-corrected chi connectivity index (χ0v) is 15.0. The molecule has 0 spiro atoms. The maximum absolute atomic E-state index is 13.7. The second-order valence-corrected chi connectivity index (χ2v) is 5.98. The number of carbonyl (C=O) groups is 3. The Morgan fingerprint density at radius 1 is 1.21 bits per heavy atom. The average Bonchev–Trinajstić information content (AvgIpc) is 2.67. The second-order valence-electron chi connectivity index (χ2n) is 5.98. The Morgan fingerprint density at radius 3 is 2.82 bits per heavy atom. The van der Waals surface area contributed by atoms with Crippen LogP contribution in [0.2, 0.25) is 0 Å². The summed E-state index contributed by atoms with van der Waals surface area (Å²) >= 11 is 0. The van der Waals surface area contributed by atoms with Crippen molar-refractivity contribution in [3.63, 3.8) is 0 Å². The van der Waals surface area contributed by atoms with E-state index < -0.39 is 11.7 Å². The monoisotopic (exact) mass is 387 g/mol. The average molecular weight is 387 g/mol. The number of ether oxygens (including phenoxy) is 2. The molecule has 9 heteroatoms. The van der Waals surface area contributed by atoms with Crippen molar-refractivity contribution in [2.24, 2.45) is 0 Å². The topological polar surface area (TPSA) is 106 Å². The fourth-order valence-electron chi connectivity index (χ4n) is 2.58. The van der Waals surface area contributed by atoms with Crippen LogP contribution in [-0.2, 0) is 14.3 Å². The van der Waals surface area contributed by atoms with Crippen molar-refractivity contribution >= 4 is 34.8 Å². The lowest BCUT2D eigenvalue weighted by Crippen LogP contribution is -2.25. The number of halogens is 1. The molecule has 0 bridgehead atoms. The van der Waals surface area contributed by atoms with Gasteiger partial charge in [0, 0.05) is 12.8 Å². The summed E-state index contributed by atoms with van der Waals surface area (Å²) in [4.78, 5) is 36.0. The van der Waals surface area contributed by atoms with Crippen LogP contribution in [0.15, 0.2) is 36.4 Å². The SMILES string of the molecule is COCCC(=O)Nc1ccc(F)cc1C(=O)Nc1ccc2c(c1)NC(=O)CO2. The number of methoxy groups -OCH3 is 1. The molecule has 0 aromatic heterocycles. The number of nitrogens with one attached hydrogen (secondary N) is 3. The number of carbonyl (C=O) groups excluding carboxylic acids is 3. The van der Waals surface area contributed by atoms with Gasteiger partial charge in [0.25, 0.3) is 11.8 Å². The summed E-state index contributed by atoms with van der Waals surface area (Å²) in [5.41, 5.74) is 0.926. The van der Waals surface area contributed by atoms with Crippen LogP contribution in [0.4, 0.5) is 21.5 Å². The highest BCUT2D eigenvalue weighted by Gasteiger charge is 2.18. The number of benzene rings is 2. The molecule has 0 atom stereocenters. The minimum absolute atomic E-state index is 0.0382. The zero-order chi connectivity index (χ0) is 20.1. The smallest absolute Gasteiger partial charge is 0.262 e. The standard InChI is InChI=1S/C19H18FN3O5/c1-27-7-6-17(24)22-14-4-2-11(20)8-13(14)19(26)21-12-3-5-16-15(9-12)23-18(25)10-28-16/h2-5,8-9H,6-7,10H2,1H3,(H,21,26)(H,22,24)(H,23,25). The van der Waals surface area contributed by atoms with Crippen molar-refractivity contribution < 1.29 is 28.2 Å². The molecule has 8 nitrogen and oxygen atoms in total. The number of hydrogen-bond acceptors (Lipinski definition) is 5. The Labute approximate surface area is 160 Å². The fourth-order valence-corrected chi connectivity index (χ4v) is 2.58. The van der Waals surface area contributed by atoms with E-state index in [1.807, 2.05) is 0 Å². The number of hydrogen-bond donors (Lipinski definition) is 3. The summed E-state index contributed by atoms with van der Waals surface area (Å²) in [5, 5.41) is 7.83. The van der Waals surface area contributed by atoms with Crippen LogP contribution in [-0.4, -0.2) is 38.0 Å². The lowest BCUT2D eigenvalue weighted by molar-refractivity contribution is -0.119. The normalized spacial score (nSPS) is 12.4. The van der Waals surface area contributed by atoms with Gasteiger partial charge in [-0.2, -0.15) is 0 Å². The first-order valence-corrected chi connectivity index (χ1v) is 8.42. The van der Waals surface area contributed by atoms with E-state index in [4.69, 9.17) is 9.47 Å². The molecule has 0 unspecified atom stereocenters. The molecule has 0 fully saturated rings. The molecule has 0 saturated carbocycles. The molecule has 3 amide bonds. The summed E-state index contributed by atoms with van der Waals surface area (Å²) in [5.74, 6) is -1.43. The van der Waals surface area contributed by atoms with Gasteiger partial charge in [0.05, 0.1) is 30.0 Å². The first kappa shape index (κ1) is 19.3. The van der Waals surface area contributed by atoms with E-state index in [0.717, 1.165) is 12.1 Å². The van der Waals surface area contributed by atoms with Gasteiger partial charge >= 0.3 is 0 Å². The maximum Gasteiger partial charge on any atom is 0.262 e. The Hall–Kier alpha value is -3.46. The molecule has 2 aromatic rings. The van der Waals surface area contributed by atoms with Gasteiger partial charge in [-0.15, -0.1) is 0 Å². The van der Waals surface area contributed by atoms with E-state index in [1.165, 1.54) is 19.2 Å². The van der Waals surface area contributed by atoms with E-state index in [2.05, 4.69) is 16.0 Å². The summed E-state index contributed by atoms with van der Waals surface area (Å²) in [6.07, 6.45) is 0.0967. The minimum atomic E-state index is -0.621. The predicted molar refractivity (Wildman–Crippen MR) is 100 cm³/mol. The summed E-state index contributed by atoms with van der Waals surface area (Å²) in [6, 6.07) is 8.21. The lowest BCUT2D eigenvalue weighted by atomic mass is 10.1. The van der Waals surface area contributed by atoms with Crippen molar-refractivity contribution in [2.75, 3.05) is 36.3 Å². The van der Waals surface area contributed by atoms with Gasteiger partial charge in [-0.05, 0) is 36.4 Å². The lowest BCUT2D eigenvalue weighted by Gasteiger charge is -2.19. The van der Waals surface area contributed by atoms with Gasteiger partial charge in [0.2, 0.25) is 5.91 Å². The molecule has 146 valence electrons. The molecule has 2 aromatic carbocycles. The van der Waals surface area contributed by atoms with Crippen molar-refractivity contribution in [3.05, 3.63) is 47.8 Å². The fraction of sp³-hybridized carbons (Fsp3) is 0.211. The summed E-state index contributed by atoms with van der Waals surface area (Å²) < 4.78 is 23.8. The Kier molecular flexibility index (Phi) is 5.85. The summed E-state index contributed by atoms with van der Waals surface area (Å²) in [7, 11) is 1.47. The molecule has 0 saturated heterocycles. The van der Waals surface area contributed by atoms with Crippen LogP contribution in [0.1, 0.15) is 16.8 Å². The van der Waals surface area contributed by atoms with Gasteiger partial charge in [-0.3, -0.25) is 14.4 Å². The van der Waals surface area contributed by atoms with Crippen LogP contribution in [0.5, 0.6) is 5.75 Å². The molecule has 28 heavy (non-hydrogen) atoms. The largest absolute Gasteiger partial charge is 0.482 e. The van der Waals surface area contributed by atoms with Crippen LogP contribution in [0, 0.1) is 5.82 Å². The molecular weight excluding hydrogens is 369 g/mol. The first-order chi connectivity index (χ1) is 13.5. The molecular formula is C19H18FN3O5. The third kappa shape index (κ3) is 4.63. The minimum Gasteiger partial charge on any atom is -0.482 e. The van der Waals surface area contributed by atoms with Crippen molar-refractivity contribution in [1.82, 2.24) is 0 Å². The first-order valence-electron chi connectivity index (χ1n) is 8.42. The Balaban J connectivity index is 1.78. The highest BCUT2D eigenvalue weighted by atomic mass is 19.1. The number of fused-ring (bicyclic) bond motifs is 1. The van der Waals surface area contributed by atoms with E-state index in [0.29, 0.717) is 17.1 Å². The second kappa shape index (κ2) is 8.49. The van der Waals surface area contributed by atoms with Crippen LogP contribution < -0.4 is 20.7 Å². The van der Waals surface area contributed by atoms with Crippen molar-refractivity contribution in [3.8, 4) is 5.75 Å². The van der Waals surface area contributed by atoms with Gasteiger partial charge in [0.1, 0.15) is 11.6 Å². The quantitative estimate of drug-likeness (QED) is 0.706. The number of anilines is 3. The molecule has 3 rings (SSSR count). The molecule has 0 aliphatic carbocycles. The molecule has 1 aliphatic rings. The summed E-state index contributed by atoms with van der Waals surface area (Å²) in [6.45, 7) is 0.144. The predicted octanol–water partition coefficient (Wildman–Crippen LogP) is 2.38. The van der Waals surface area contributed by atoms with Gasteiger partial charge in [-0.1, -0.05) is 0 Å². The number of amides is 3. The highest BCUT2D eigenvalue weighted by Crippen LogP contribution is 2.31. The van der Waals surface area contributed by atoms with Gasteiger partial charge < -0.3 is 25.4 Å². The molecule has 3 N–H and O–H groups in total. The van der Waals surface area contributed by atoms with Crippen LogP contribution in [0.3, 0.4) is 0 Å². The third-order valence-corrected chi connectivity index (χ3v) is 3.90. The van der Waals surface area contributed by atoms with Crippen molar-refractivity contribution in [1.29, 1.82) is 0 Å². The Bertz CT molecular complexity index is 932. The maximum atomic E-state index is 13.7. The molecule has 1 heterocycles. The van der Waals surface area contributed by atoms with E-state index in [1.54, 1.807) is 12.1 Å². The van der Waals surface area contributed by atoms with Gasteiger partial charge in [0.15, 0.2) is 6.61 Å². The highest BCUT2D eigenvalue weighted by molar-refractivity contribution is 6.10. The van der Waals surface area contributed by atoms with Crippen LogP contribution in [0.25, 0.3) is 0 Å². The third-order valence-electron chi connectivity index (χ3n) is 3.90. The zero-order valence-electron chi connectivity index (χ0n) is 15.0. The van der Waals surface area contributed by atoms with Crippen LogP contribution >= 0.6 is 0 Å². The molecule has 1 aliphatic heterocycles. The number of rotatable bonds is 6. The van der Waals surface area contributed by atoms with E-state index in [-0.39, 0.29) is 42.7 Å². The van der Waals surface area contributed by atoms with Gasteiger partial charge in [-0.25, -0.2) is 4.39 Å². The van der Waals surface area contributed by atoms with Crippen molar-refractivity contribution in [2.45, 2.75) is 6.42 Å². The van der Waals surface area contributed by atoms with E-state index >= 15 is 0 Å².